The van der Waals surface area contributed by atoms with E-state index in [2.05, 4.69) is 15.8 Å². The molecule has 9 heteroatoms. The molecule has 4 rings (SSSR count). The molecule has 1 aromatic heterocycles. The first kappa shape index (κ1) is 20.6. The van der Waals surface area contributed by atoms with Gasteiger partial charge >= 0.3 is 6.61 Å². The van der Waals surface area contributed by atoms with E-state index < -0.39 is 12.7 Å². The van der Waals surface area contributed by atoms with Crippen molar-refractivity contribution in [1.29, 1.82) is 5.26 Å². The number of hydrogen-bond acceptors (Lipinski definition) is 7. The van der Waals surface area contributed by atoms with Crippen LogP contribution in [0.25, 0.3) is 10.9 Å². The number of anilines is 1. The predicted molar refractivity (Wildman–Crippen MR) is 109 cm³/mol. The van der Waals surface area contributed by atoms with E-state index >= 15 is 0 Å². The summed E-state index contributed by atoms with van der Waals surface area (Å²) in [5.41, 5.74) is 2.57. The van der Waals surface area contributed by atoms with Gasteiger partial charge < -0.3 is 24.2 Å². The highest BCUT2D eigenvalue weighted by Crippen LogP contribution is 2.43. The average Bonchev–Trinajstić information content (AvgIpc) is 2.76. The fraction of sp³-hybridized carbons (Fsp3) is 0.273. The Morgan fingerprint density at radius 2 is 1.94 bits per heavy atom. The Labute approximate surface area is 177 Å². The minimum atomic E-state index is -2.98. The SMILES string of the molecule is COc1ccc(OC)c2c1CN(c1c(C#N)cnc3ccc(OC(F)F)cc13)CC2O. The molecule has 1 atom stereocenters. The van der Waals surface area contributed by atoms with Crippen LogP contribution in [0.2, 0.25) is 0 Å². The Kier molecular flexibility index (Phi) is 5.48. The number of nitriles is 1. The third-order valence-electron chi connectivity index (χ3n) is 5.26. The topological polar surface area (TPSA) is 87.8 Å². The number of aliphatic hydroxyl groups is 1. The van der Waals surface area contributed by atoms with Crippen molar-refractivity contribution in [2.45, 2.75) is 19.3 Å². The molecule has 2 aromatic carbocycles. The van der Waals surface area contributed by atoms with Crippen LogP contribution in [0.1, 0.15) is 22.8 Å². The molecular formula is C22H19F2N3O4. The molecule has 1 unspecified atom stereocenters. The summed E-state index contributed by atoms with van der Waals surface area (Å²) in [6, 6.07) is 9.95. The van der Waals surface area contributed by atoms with Gasteiger partial charge in [-0.25, -0.2) is 0 Å². The van der Waals surface area contributed by atoms with Crippen molar-refractivity contribution in [3.05, 3.63) is 53.2 Å². The second kappa shape index (κ2) is 8.24. The molecule has 1 N–H and O–H groups in total. The van der Waals surface area contributed by atoms with Crippen molar-refractivity contribution < 1.29 is 28.1 Å². The number of benzene rings is 2. The highest BCUT2D eigenvalue weighted by molar-refractivity contribution is 5.95. The first-order valence-electron chi connectivity index (χ1n) is 9.41. The van der Waals surface area contributed by atoms with Crippen molar-refractivity contribution >= 4 is 16.6 Å². The molecule has 1 aliphatic heterocycles. The first-order chi connectivity index (χ1) is 15.0. The lowest BCUT2D eigenvalue weighted by Crippen LogP contribution is -2.35. The maximum atomic E-state index is 12.7. The monoisotopic (exact) mass is 427 g/mol. The molecule has 0 saturated heterocycles. The van der Waals surface area contributed by atoms with E-state index in [4.69, 9.17) is 9.47 Å². The van der Waals surface area contributed by atoms with Crippen LogP contribution in [0.5, 0.6) is 17.2 Å². The number of pyridine rings is 1. The van der Waals surface area contributed by atoms with E-state index in [9.17, 15) is 19.1 Å². The molecule has 0 saturated carbocycles. The third kappa shape index (κ3) is 3.66. The number of nitrogens with zero attached hydrogens (tertiary/aromatic N) is 3. The average molecular weight is 427 g/mol. The van der Waals surface area contributed by atoms with Crippen molar-refractivity contribution in [3.63, 3.8) is 0 Å². The number of hydrogen-bond donors (Lipinski definition) is 1. The molecule has 7 nitrogen and oxygen atoms in total. The minimum absolute atomic E-state index is 0.0437. The smallest absolute Gasteiger partial charge is 0.387 e. The number of rotatable bonds is 5. The van der Waals surface area contributed by atoms with E-state index in [-0.39, 0.29) is 17.9 Å². The number of halogens is 2. The van der Waals surface area contributed by atoms with Crippen molar-refractivity contribution in [2.24, 2.45) is 0 Å². The lowest BCUT2D eigenvalue weighted by molar-refractivity contribution is -0.0497. The predicted octanol–water partition coefficient (Wildman–Crippen LogP) is 3.78. The summed E-state index contributed by atoms with van der Waals surface area (Å²) >= 11 is 0. The largest absolute Gasteiger partial charge is 0.496 e. The van der Waals surface area contributed by atoms with Gasteiger partial charge in [0.2, 0.25) is 0 Å². The zero-order chi connectivity index (χ0) is 22.1. The van der Waals surface area contributed by atoms with Crippen LogP contribution in [-0.4, -0.2) is 37.5 Å². The lowest BCUT2D eigenvalue weighted by Gasteiger charge is -2.36. The van der Waals surface area contributed by atoms with Gasteiger partial charge in [0.25, 0.3) is 0 Å². The Hall–Kier alpha value is -3.64. The maximum Gasteiger partial charge on any atom is 0.387 e. The molecule has 0 amide bonds. The molecule has 0 fully saturated rings. The summed E-state index contributed by atoms with van der Waals surface area (Å²) in [4.78, 5) is 6.06. The van der Waals surface area contributed by atoms with Crippen molar-refractivity contribution in [3.8, 4) is 23.3 Å². The number of alkyl halides is 2. The molecule has 3 aromatic rings. The third-order valence-corrected chi connectivity index (χ3v) is 5.26. The van der Waals surface area contributed by atoms with Crippen LogP contribution >= 0.6 is 0 Å². The fourth-order valence-corrected chi connectivity index (χ4v) is 4.00. The van der Waals surface area contributed by atoms with E-state index in [1.165, 1.54) is 32.5 Å². The van der Waals surface area contributed by atoms with Crippen molar-refractivity contribution in [1.82, 2.24) is 4.98 Å². The molecular weight excluding hydrogens is 408 g/mol. The van der Waals surface area contributed by atoms with Gasteiger partial charge in [-0.2, -0.15) is 14.0 Å². The number of β-amino-alcohol motifs (C(OH)–C–C–N with tert-alkyl or cyclic N) is 1. The fourth-order valence-electron chi connectivity index (χ4n) is 4.00. The van der Waals surface area contributed by atoms with Gasteiger partial charge in [0.05, 0.1) is 31.0 Å². The Balaban J connectivity index is 1.88. The van der Waals surface area contributed by atoms with E-state index in [1.54, 1.807) is 18.2 Å². The van der Waals surface area contributed by atoms with Gasteiger partial charge in [-0.05, 0) is 30.3 Å². The second-order valence-corrected chi connectivity index (χ2v) is 6.95. The maximum absolute atomic E-state index is 12.7. The van der Waals surface area contributed by atoms with E-state index in [1.807, 2.05) is 4.90 Å². The summed E-state index contributed by atoms with van der Waals surface area (Å²) in [5.74, 6) is 1.06. The minimum Gasteiger partial charge on any atom is -0.496 e. The summed E-state index contributed by atoms with van der Waals surface area (Å²) in [5, 5.41) is 21.1. The summed E-state index contributed by atoms with van der Waals surface area (Å²) in [6.45, 7) is -2.52. The second-order valence-electron chi connectivity index (χ2n) is 6.95. The highest BCUT2D eigenvalue weighted by Gasteiger charge is 2.31. The van der Waals surface area contributed by atoms with Gasteiger partial charge in [0.15, 0.2) is 0 Å². The van der Waals surface area contributed by atoms with Gasteiger partial charge in [-0.15, -0.1) is 0 Å². The molecule has 0 aliphatic carbocycles. The quantitative estimate of drug-likeness (QED) is 0.663. The number of methoxy groups -OCH3 is 2. The van der Waals surface area contributed by atoms with Crippen LogP contribution in [0.3, 0.4) is 0 Å². The molecule has 0 radical (unpaired) electrons. The van der Waals surface area contributed by atoms with Crippen LogP contribution in [-0.2, 0) is 6.54 Å². The van der Waals surface area contributed by atoms with Crippen LogP contribution < -0.4 is 19.1 Å². The Bertz CT molecular complexity index is 1180. The van der Waals surface area contributed by atoms with Gasteiger partial charge in [0, 0.05) is 35.8 Å². The zero-order valence-electron chi connectivity index (χ0n) is 16.8. The van der Waals surface area contributed by atoms with Crippen LogP contribution in [0, 0.1) is 11.3 Å². The van der Waals surface area contributed by atoms with Crippen molar-refractivity contribution in [2.75, 3.05) is 25.7 Å². The first-order valence-corrected chi connectivity index (χ1v) is 9.41. The Morgan fingerprint density at radius 1 is 1.19 bits per heavy atom. The van der Waals surface area contributed by atoms with Crippen LogP contribution in [0.15, 0.2) is 36.5 Å². The highest BCUT2D eigenvalue weighted by atomic mass is 19.3. The normalized spacial score (nSPS) is 15.5. The van der Waals surface area contributed by atoms with Gasteiger partial charge in [-0.1, -0.05) is 0 Å². The summed E-state index contributed by atoms with van der Waals surface area (Å²) in [6.07, 6.45) is 0.500. The van der Waals surface area contributed by atoms with Gasteiger partial charge in [0.1, 0.15) is 29.4 Å². The van der Waals surface area contributed by atoms with Crippen LogP contribution in [0.4, 0.5) is 14.5 Å². The molecule has 31 heavy (non-hydrogen) atoms. The standard InChI is InChI=1S/C22H19F2N3O4/c1-29-18-5-6-19(30-2)20-15(18)10-27(11-17(20)28)21-12(8-25)9-26-16-4-3-13(7-14(16)21)31-22(23)24/h3-7,9,17,22,28H,10-11H2,1-2H3. The summed E-state index contributed by atoms with van der Waals surface area (Å²) in [7, 11) is 3.06. The number of aromatic nitrogens is 1. The molecule has 1 aliphatic rings. The number of fused-ring (bicyclic) bond motifs is 2. The molecule has 0 bridgehead atoms. The lowest BCUT2D eigenvalue weighted by atomic mass is 9.94. The molecule has 2 heterocycles. The van der Waals surface area contributed by atoms with E-state index in [0.717, 1.165) is 5.56 Å². The number of aliphatic hydroxyl groups excluding tert-OH is 1. The van der Waals surface area contributed by atoms with Gasteiger partial charge in [-0.3, -0.25) is 4.98 Å². The summed E-state index contributed by atoms with van der Waals surface area (Å²) < 4.78 is 40.9. The molecule has 0 spiro atoms. The number of ether oxygens (including phenoxy) is 3. The Morgan fingerprint density at radius 3 is 2.61 bits per heavy atom. The van der Waals surface area contributed by atoms with E-state index in [0.29, 0.717) is 40.2 Å². The molecule has 160 valence electrons. The zero-order valence-corrected chi connectivity index (χ0v) is 16.8.